The number of carbonyl (C=O) groups excluding carboxylic acids is 2. The third-order valence-corrected chi connectivity index (χ3v) is 3.26. The lowest BCUT2D eigenvalue weighted by Crippen LogP contribution is -2.50. The van der Waals surface area contributed by atoms with E-state index in [2.05, 4.69) is 5.32 Å². The molecule has 5 nitrogen and oxygen atoms in total. The summed E-state index contributed by atoms with van der Waals surface area (Å²) in [6.45, 7) is 9.25. The minimum Gasteiger partial charge on any atom is -0.444 e. The third-order valence-electron chi connectivity index (χ3n) is 2.24. The van der Waals surface area contributed by atoms with Gasteiger partial charge in [-0.15, -0.1) is 11.8 Å². The summed E-state index contributed by atoms with van der Waals surface area (Å²) < 4.78 is 5.30. The van der Waals surface area contributed by atoms with Crippen LogP contribution in [0.1, 0.15) is 34.6 Å². The average Bonchev–Trinajstić information content (AvgIpc) is 2.61. The number of rotatable bonds is 2. The van der Waals surface area contributed by atoms with Gasteiger partial charge in [0.25, 0.3) is 0 Å². The number of carbonyl (C=O) groups is 2. The minimum absolute atomic E-state index is 0.0728. The van der Waals surface area contributed by atoms with Crippen molar-refractivity contribution >= 4 is 23.8 Å². The number of ether oxygens (including phenoxy) is 1. The van der Waals surface area contributed by atoms with Crippen molar-refractivity contribution in [2.45, 2.75) is 52.3 Å². The Morgan fingerprint density at radius 1 is 1.39 bits per heavy atom. The van der Waals surface area contributed by atoms with E-state index in [1.54, 1.807) is 11.8 Å². The highest BCUT2D eigenvalue weighted by Gasteiger charge is 2.37. The normalized spacial score (nSPS) is 20.1. The minimum atomic E-state index is -0.538. The van der Waals surface area contributed by atoms with Gasteiger partial charge in [-0.2, -0.15) is 0 Å². The molecule has 2 amide bonds. The van der Waals surface area contributed by atoms with E-state index in [0.29, 0.717) is 11.6 Å². The molecule has 1 aliphatic rings. The van der Waals surface area contributed by atoms with E-state index in [4.69, 9.17) is 4.74 Å². The van der Waals surface area contributed by atoms with E-state index in [-0.39, 0.29) is 11.9 Å². The van der Waals surface area contributed by atoms with Gasteiger partial charge in [0.1, 0.15) is 11.6 Å². The standard InChI is InChI=1S/C12H22N2O3S/c1-8(2)13-10(15)9-6-18-7-14(9)11(16)17-12(3,4)5/h8-9H,6-7H2,1-5H3,(H,13,15)/t9-/m0/s1. The summed E-state index contributed by atoms with van der Waals surface area (Å²) in [6, 6.07) is -0.351. The molecule has 1 atom stereocenters. The topological polar surface area (TPSA) is 58.6 Å². The highest BCUT2D eigenvalue weighted by Crippen LogP contribution is 2.23. The van der Waals surface area contributed by atoms with Gasteiger partial charge >= 0.3 is 6.09 Å². The first-order chi connectivity index (χ1) is 8.20. The number of nitrogens with one attached hydrogen (secondary N) is 1. The Morgan fingerprint density at radius 2 is 2.00 bits per heavy atom. The summed E-state index contributed by atoms with van der Waals surface area (Å²) in [4.78, 5) is 25.4. The lowest BCUT2D eigenvalue weighted by molar-refractivity contribution is -0.125. The molecule has 0 aromatic rings. The Hall–Kier alpha value is -0.910. The molecule has 1 aliphatic heterocycles. The molecule has 1 fully saturated rings. The lowest BCUT2D eigenvalue weighted by Gasteiger charge is -2.27. The maximum absolute atomic E-state index is 12.0. The van der Waals surface area contributed by atoms with Crippen molar-refractivity contribution in [3.8, 4) is 0 Å². The van der Waals surface area contributed by atoms with Gasteiger partial charge in [0, 0.05) is 11.8 Å². The number of amides is 2. The number of hydrogen-bond donors (Lipinski definition) is 1. The first kappa shape index (κ1) is 15.1. The Morgan fingerprint density at radius 3 is 2.50 bits per heavy atom. The molecule has 0 radical (unpaired) electrons. The van der Waals surface area contributed by atoms with Gasteiger partial charge in [0.15, 0.2) is 0 Å². The van der Waals surface area contributed by atoms with Crippen LogP contribution in [0.5, 0.6) is 0 Å². The summed E-state index contributed by atoms with van der Waals surface area (Å²) in [5, 5.41) is 2.83. The second-order valence-electron chi connectivity index (χ2n) is 5.63. The monoisotopic (exact) mass is 274 g/mol. The number of thioether (sulfide) groups is 1. The molecule has 0 aromatic heterocycles. The van der Waals surface area contributed by atoms with Crippen molar-refractivity contribution in [1.82, 2.24) is 10.2 Å². The van der Waals surface area contributed by atoms with Crippen LogP contribution in [0, 0.1) is 0 Å². The fraction of sp³-hybridized carbons (Fsp3) is 0.833. The zero-order valence-electron chi connectivity index (χ0n) is 11.6. The van der Waals surface area contributed by atoms with Crippen LogP contribution in [0.15, 0.2) is 0 Å². The Labute approximate surface area is 113 Å². The predicted molar refractivity (Wildman–Crippen MR) is 72.5 cm³/mol. The molecule has 0 unspecified atom stereocenters. The van der Waals surface area contributed by atoms with E-state index in [9.17, 15) is 9.59 Å². The van der Waals surface area contributed by atoms with E-state index in [1.807, 2.05) is 34.6 Å². The summed E-state index contributed by atoms with van der Waals surface area (Å²) in [6.07, 6.45) is -0.420. The van der Waals surface area contributed by atoms with Crippen molar-refractivity contribution in [1.29, 1.82) is 0 Å². The molecule has 0 spiro atoms. The molecule has 1 saturated heterocycles. The summed E-state index contributed by atoms with van der Waals surface area (Å²) in [7, 11) is 0. The van der Waals surface area contributed by atoms with Gasteiger partial charge in [-0.3, -0.25) is 9.69 Å². The molecular formula is C12H22N2O3S. The average molecular weight is 274 g/mol. The predicted octanol–water partition coefficient (Wildman–Crippen LogP) is 1.82. The van der Waals surface area contributed by atoms with Crippen LogP contribution < -0.4 is 5.32 Å². The van der Waals surface area contributed by atoms with Crippen LogP contribution in [0.3, 0.4) is 0 Å². The van der Waals surface area contributed by atoms with Gasteiger partial charge in [-0.1, -0.05) is 0 Å². The Bertz CT molecular complexity index is 326. The molecule has 104 valence electrons. The van der Waals surface area contributed by atoms with Gasteiger partial charge in [-0.05, 0) is 34.6 Å². The molecule has 0 aromatic carbocycles. The molecule has 0 bridgehead atoms. The maximum Gasteiger partial charge on any atom is 0.411 e. The van der Waals surface area contributed by atoms with Crippen LogP contribution in [0.2, 0.25) is 0 Å². The molecule has 1 N–H and O–H groups in total. The SMILES string of the molecule is CC(C)NC(=O)[C@@H]1CSCN1C(=O)OC(C)(C)C. The fourth-order valence-corrected chi connectivity index (χ4v) is 2.68. The second-order valence-corrected chi connectivity index (χ2v) is 6.63. The number of nitrogens with zero attached hydrogens (tertiary/aromatic N) is 1. The molecule has 1 heterocycles. The zero-order chi connectivity index (χ0) is 13.9. The van der Waals surface area contributed by atoms with Gasteiger partial charge in [0.05, 0.1) is 5.88 Å². The highest BCUT2D eigenvalue weighted by atomic mass is 32.2. The van der Waals surface area contributed by atoms with E-state index in [1.165, 1.54) is 4.90 Å². The van der Waals surface area contributed by atoms with Crippen molar-refractivity contribution in [3.05, 3.63) is 0 Å². The van der Waals surface area contributed by atoms with Crippen LogP contribution in [0.4, 0.5) is 4.79 Å². The molecule has 0 saturated carbocycles. The van der Waals surface area contributed by atoms with Crippen molar-refractivity contribution in [3.63, 3.8) is 0 Å². The molecular weight excluding hydrogens is 252 g/mol. The van der Waals surface area contributed by atoms with Crippen molar-refractivity contribution in [2.75, 3.05) is 11.6 Å². The van der Waals surface area contributed by atoms with Crippen molar-refractivity contribution in [2.24, 2.45) is 0 Å². The molecule has 1 rings (SSSR count). The summed E-state index contributed by atoms with van der Waals surface area (Å²) in [5.74, 6) is 1.02. The van der Waals surface area contributed by atoms with Crippen LogP contribution in [0.25, 0.3) is 0 Å². The number of hydrogen-bond acceptors (Lipinski definition) is 4. The summed E-state index contributed by atoms with van der Waals surface area (Å²) in [5.41, 5.74) is -0.538. The smallest absolute Gasteiger partial charge is 0.411 e. The van der Waals surface area contributed by atoms with Crippen LogP contribution in [-0.2, 0) is 9.53 Å². The first-order valence-corrected chi connectivity index (χ1v) is 7.24. The van der Waals surface area contributed by atoms with Crippen molar-refractivity contribution < 1.29 is 14.3 Å². The van der Waals surface area contributed by atoms with E-state index >= 15 is 0 Å². The molecule has 18 heavy (non-hydrogen) atoms. The first-order valence-electron chi connectivity index (χ1n) is 6.08. The van der Waals surface area contributed by atoms with E-state index in [0.717, 1.165) is 0 Å². The lowest BCUT2D eigenvalue weighted by atomic mass is 10.2. The summed E-state index contributed by atoms with van der Waals surface area (Å²) >= 11 is 1.56. The molecule has 6 heteroatoms. The van der Waals surface area contributed by atoms with E-state index < -0.39 is 17.7 Å². The van der Waals surface area contributed by atoms with Gasteiger partial charge in [-0.25, -0.2) is 4.79 Å². The van der Waals surface area contributed by atoms with Gasteiger partial charge in [0.2, 0.25) is 5.91 Å². The molecule has 0 aliphatic carbocycles. The highest BCUT2D eigenvalue weighted by molar-refractivity contribution is 7.99. The Kier molecular flexibility index (Phi) is 4.90. The fourth-order valence-electron chi connectivity index (χ4n) is 1.54. The van der Waals surface area contributed by atoms with Crippen LogP contribution in [-0.4, -0.2) is 46.2 Å². The largest absolute Gasteiger partial charge is 0.444 e. The maximum atomic E-state index is 12.0. The third kappa shape index (κ3) is 4.40. The van der Waals surface area contributed by atoms with Gasteiger partial charge < -0.3 is 10.1 Å². The Balaban J connectivity index is 2.64. The van der Waals surface area contributed by atoms with Crippen LogP contribution >= 0.6 is 11.8 Å². The quantitative estimate of drug-likeness (QED) is 0.834. The second kappa shape index (κ2) is 5.82. The zero-order valence-corrected chi connectivity index (χ0v) is 12.5.